The third-order valence-electron chi connectivity index (χ3n) is 5.58. The summed E-state index contributed by atoms with van der Waals surface area (Å²) in [6, 6.07) is 0. The summed E-state index contributed by atoms with van der Waals surface area (Å²) in [6.07, 6.45) is 7.44. The van der Waals surface area contributed by atoms with Crippen LogP contribution in [0.1, 0.15) is 52.9 Å². The highest BCUT2D eigenvalue weighted by Gasteiger charge is 2.61. The summed E-state index contributed by atoms with van der Waals surface area (Å²) in [5.74, 6) is 2.07. The van der Waals surface area contributed by atoms with Crippen LogP contribution in [-0.2, 0) is 0 Å². The van der Waals surface area contributed by atoms with E-state index in [0.717, 1.165) is 11.8 Å². The standard InChI is InChI=1S/C14H25N/c1-13(2,3)14-8-5-9-15(14)10-11-6-4-7-12(11)14/h11-12H,4-10H2,1-3H3. The highest BCUT2D eigenvalue weighted by molar-refractivity contribution is 5.15. The predicted molar refractivity (Wildman–Crippen MR) is 63.8 cm³/mol. The summed E-state index contributed by atoms with van der Waals surface area (Å²) in [7, 11) is 0. The van der Waals surface area contributed by atoms with Gasteiger partial charge in [0.05, 0.1) is 0 Å². The van der Waals surface area contributed by atoms with E-state index in [1.807, 2.05) is 0 Å². The molecule has 3 aliphatic rings. The van der Waals surface area contributed by atoms with Gasteiger partial charge in [0.25, 0.3) is 0 Å². The van der Waals surface area contributed by atoms with Crippen LogP contribution >= 0.6 is 0 Å². The Balaban J connectivity index is 2.01. The topological polar surface area (TPSA) is 3.24 Å². The molecule has 0 bridgehead atoms. The molecule has 1 saturated carbocycles. The molecule has 1 nitrogen and oxygen atoms in total. The smallest absolute Gasteiger partial charge is 0.0289 e. The first kappa shape index (κ1) is 10.1. The van der Waals surface area contributed by atoms with Crippen molar-refractivity contribution < 1.29 is 0 Å². The Bertz CT molecular complexity index is 265. The van der Waals surface area contributed by atoms with Crippen molar-refractivity contribution in [3.8, 4) is 0 Å². The van der Waals surface area contributed by atoms with Gasteiger partial charge in [-0.25, -0.2) is 0 Å². The average molecular weight is 207 g/mol. The zero-order valence-corrected chi connectivity index (χ0v) is 10.6. The monoisotopic (exact) mass is 207 g/mol. The van der Waals surface area contributed by atoms with Crippen LogP contribution in [0.5, 0.6) is 0 Å². The van der Waals surface area contributed by atoms with Crippen molar-refractivity contribution in [2.75, 3.05) is 13.1 Å². The summed E-state index contributed by atoms with van der Waals surface area (Å²) >= 11 is 0. The van der Waals surface area contributed by atoms with E-state index in [4.69, 9.17) is 0 Å². The number of hydrogen-bond acceptors (Lipinski definition) is 1. The van der Waals surface area contributed by atoms with Crippen molar-refractivity contribution in [2.24, 2.45) is 17.3 Å². The summed E-state index contributed by atoms with van der Waals surface area (Å²) in [4.78, 5) is 2.86. The molecule has 2 heterocycles. The lowest BCUT2D eigenvalue weighted by Crippen LogP contribution is -2.53. The van der Waals surface area contributed by atoms with Gasteiger partial charge in [-0.3, -0.25) is 4.90 Å². The fourth-order valence-electron chi connectivity index (χ4n) is 5.14. The maximum atomic E-state index is 2.86. The van der Waals surface area contributed by atoms with Crippen molar-refractivity contribution in [1.29, 1.82) is 0 Å². The van der Waals surface area contributed by atoms with Crippen molar-refractivity contribution in [3.05, 3.63) is 0 Å². The molecular weight excluding hydrogens is 182 g/mol. The van der Waals surface area contributed by atoms with Gasteiger partial charge >= 0.3 is 0 Å². The zero-order valence-electron chi connectivity index (χ0n) is 10.6. The molecule has 3 unspecified atom stereocenters. The molecule has 2 aliphatic heterocycles. The molecular formula is C14H25N. The SMILES string of the molecule is CC(C)(C)C12CCCN1CC1CCCC12. The maximum absolute atomic E-state index is 2.86. The number of rotatable bonds is 0. The number of hydrogen-bond donors (Lipinski definition) is 0. The van der Waals surface area contributed by atoms with Crippen LogP contribution in [0.4, 0.5) is 0 Å². The molecule has 0 aromatic carbocycles. The minimum atomic E-state index is 0.479. The van der Waals surface area contributed by atoms with Gasteiger partial charge in [0.1, 0.15) is 0 Å². The van der Waals surface area contributed by atoms with E-state index in [9.17, 15) is 0 Å². The van der Waals surface area contributed by atoms with Gasteiger partial charge in [0.15, 0.2) is 0 Å². The number of fused-ring (bicyclic) bond motifs is 3. The van der Waals surface area contributed by atoms with Crippen LogP contribution in [-0.4, -0.2) is 23.5 Å². The summed E-state index contributed by atoms with van der Waals surface area (Å²) in [5, 5.41) is 0. The molecule has 0 radical (unpaired) electrons. The normalized spacial score (nSPS) is 45.8. The van der Waals surface area contributed by atoms with Crippen molar-refractivity contribution in [2.45, 2.75) is 58.4 Å². The first-order valence-electron chi connectivity index (χ1n) is 6.81. The Morgan fingerprint density at radius 2 is 1.93 bits per heavy atom. The maximum Gasteiger partial charge on any atom is 0.0289 e. The lowest BCUT2D eigenvalue weighted by molar-refractivity contribution is 0.0251. The van der Waals surface area contributed by atoms with Crippen LogP contribution in [0.15, 0.2) is 0 Å². The Kier molecular flexibility index (Phi) is 2.03. The van der Waals surface area contributed by atoms with E-state index in [-0.39, 0.29) is 0 Å². The molecule has 86 valence electrons. The van der Waals surface area contributed by atoms with Crippen LogP contribution in [0.25, 0.3) is 0 Å². The summed E-state index contributed by atoms with van der Waals surface area (Å²) in [5.41, 5.74) is 1.06. The molecule has 0 N–H and O–H groups in total. The van der Waals surface area contributed by atoms with Crippen LogP contribution in [0.2, 0.25) is 0 Å². The molecule has 0 aromatic heterocycles. The van der Waals surface area contributed by atoms with Gasteiger partial charge in [0.2, 0.25) is 0 Å². The van der Waals surface area contributed by atoms with Gasteiger partial charge in [-0.05, 0) is 49.5 Å². The van der Waals surface area contributed by atoms with Gasteiger partial charge in [-0.15, -0.1) is 0 Å². The van der Waals surface area contributed by atoms with Crippen LogP contribution in [0.3, 0.4) is 0 Å². The molecule has 3 atom stereocenters. The number of nitrogens with zero attached hydrogens (tertiary/aromatic N) is 1. The van der Waals surface area contributed by atoms with Gasteiger partial charge < -0.3 is 0 Å². The van der Waals surface area contributed by atoms with Crippen molar-refractivity contribution >= 4 is 0 Å². The van der Waals surface area contributed by atoms with Crippen molar-refractivity contribution in [1.82, 2.24) is 4.90 Å². The van der Waals surface area contributed by atoms with Gasteiger partial charge in [-0.2, -0.15) is 0 Å². The third-order valence-corrected chi connectivity index (χ3v) is 5.58. The second-order valence-corrected chi connectivity index (χ2v) is 7.02. The molecule has 1 aliphatic carbocycles. The zero-order chi connectivity index (χ0) is 10.7. The Morgan fingerprint density at radius 1 is 1.13 bits per heavy atom. The van der Waals surface area contributed by atoms with E-state index in [0.29, 0.717) is 11.0 Å². The predicted octanol–water partition coefficient (Wildman–Crippen LogP) is 3.30. The second-order valence-electron chi connectivity index (χ2n) is 7.02. The molecule has 2 saturated heterocycles. The molecule has 3 fully saturated rings. The summed E-state index contributed by atoms with van der Waals surface area (Å²) in [6.45, 7) is 10.2. The van der Waals surface area contributed by atoms with E-state index < -0.39 is 0 Å². The Hall–Kier alpha value is -0.0400. The lowest BCUT2D eigenvalue weighted by atomic mass is 9.64. The van der Waals surface area contributed by atoms with E-state index in [1.165, 1.54) is 45.2 Å². The molecule has 3 rings (SSSR count). The first-order chi connectivity index (χ1) is 7.06. The molecule has 0 amide bonds. The average Bonchev–Trinajstić information content (AvgIpc) is 2.68. The minimum absolute atomic E-state index is 0.479. The van der Waals surface area contributed by atoms with Gasteiger partial charge in [0, 0.05) is 12.1 Å². The van der Waals surface area contributed by atoms with Crippen molar-refractivity contribution in [3.63, 3.8) is 0 Å². The third kappa shape index (κ3) is 1.13. The van der Waals surface area contributed by atoms with Crippen LogP contribution in [0, 0.1) is 17.3 Å². The Morgan fingerprint density at radius 3 is 2.67 bits per heavy atom. The quantitative estimate of drug-likeness (QED) is 0.589. The minimum Gasteiger partial charge on any atom is -0.297 e. The fourth-order valence-corrected chi connectivity index (χ4v) is 5.14. The highest BCUT2D eigenvalue weighted by atomic mass is 15.3. The van der Waals surface area contributed by atoms with E-state index >= 15 is 0 Å². The van der Waals surface area contributed by atoms with E-state index in [2.05, 4.69) is 25.7 Å². The molecule has 1 heteroatoms. The lowest BCUT2D eigenvalue weighted by Gasteiger charge is -2.48. The second kappa shape index (κ2) is 3.00. The molecule has 15 heavy (non-hydrogen) atoms. The van der Waals surface area contributed by atoms with Gasteiger partial charge in [-0.1, -0.05) is 27.2 Å². The summed E-state index contributed by atoms with van der Waals surface area (Å²) < 4.78 is 0. The highest BCUT2D eigenvalue weighted by Crippen LogP contribution is 2.59. The Labute approximate surface area is 94.2 Å². The fraction of sp³-hybridized carbons (Fsp3) is 1.00. The largest absolute Gasteiger partial charge is 0.297 e. The molecule has 0 spiro atoms. The first-order valence-corrected chi connectivity index (χ1v) is 6.81. The molecule has 0 aromatic rings. The van der Waals surface area contributed by atoms with Crippen LogP contribution < -0.4 is 0 Å². The van der Waals surface area contributed by atoms with E-state index in [1.54, 1.807) is 0 Å².